The number of amides is 1. The van der Waals surface area contributed by atoms with Gasteiger partial charge in [0.25, 0.3) is 0 Å². The van der Waals surface area contributed by atoms with Crippen LogP contribution in [0.15, 0.2) is 58.8 Å². The molecule has 9 heteroatoms. The van der Waals surface area contributed by atoms with E-state index in [1.807, 2.05) is 36.6 Å². The number of nitrogens with one attached hydrogen (secondary N) is 1. The van der Waals surface area contributed by atoms with Crippen LogP contribution in [0.1, 0.15) is 21.8 Å². The average Bonchev–Trinajstić information content (AvgIpc) is 3.17. The lowest BCUT2D eigenvalue weighted by Gasteiger charge is -2.14. The van der Waals surface area contributed by atoms with Crippen molar-refractivity contribution in [1.82, 2.24) is 9.29 Å². The highest BCUT2D eigenvalue weighted by Gasteiger charge is 2.18. The highest BCUT2D eigenvalue weighted by atomic mass is 32.2. The van der Waals surface area contributed by atoms with E-state index in [9.17, 15) is 13.2 Å². The number of aromatic nitrogens is 1. The lowest BCUT2D eigenvalue weighted by molar-refractivity contribution is -0.111. The molecule has 7 nitrogen and oxygen atoms in total. The summed E-state index contributed by atoms with van der Waals surface area (Å²) in [5.41, 5.74) is 2.79. The van der Waals surface area contributed by atoms with Gasteiger partial charge in [0.05, 0.1) is 15.6 Å². The maximum absolute atomic E-state index is 12.5. The molecule has 168 valence electrons. The number of sulfonamides is 1. The number of anilines is 1. The van der Waals surface area contributed by atoms with Crippen LogP contribution in [0.2, 0.25) is 0 Å². The van der Waals surface area contributed by atoms with Gasteiger partial charge in [-0.05, 0) is 43.7 Å². The van der Waals surface area contributed by atoms with Crippen LogP contribution in [-0.4, -0.2) is 37.7 Å². The van der Waals surface area contributed by atoms with Crippen molar-refractivity contribution in [1.29, 1.82) is 0 Å². The van der Waals surface area contributed by atoms with Crippen LogP contribution in [0.3, 0.4) is 0 Å². The zero-order valence-corrected chi connectivity index (χ0v) is 20.0. The Hall–Kier alpha value is -3.01. The lowest BCUT2D eigenvalue weighted by atomic mass is 10.1. The number of carbonyl (C=O) groups excluding carboxylic acids is 1. The summed E-state index contributed by atoms with van der Waals surface area (Å²) in [6.07, 6.45) is 3.05. The third-order valence-corrected chi connectivity index (χ3v) is 7.25. The van der Waals surface area contributed by atoms with E-state index in [0.29, 0.717) is 18.0 Å². The first-order chi connectivity index (χ1) is 15.2. The second kappa shape index (κ2) is 10.1. The molecule has 1 N–H and O–H groups in total. The number of aryl methyl sites for hydroxylation is 2. The minimum absolute atomic E-state index is 0.114. The monoisotopic (exact) mass is 471 g/mol. The van der Waals surface area contributed by atoms with Crippen LogP contribution in [0, 0.1) is 13.8 Å². The summed E-state index contributed by atoms with van der Waals surface area (Å²) >= 11 is 1.57. The Kier molecular flexibility index (Phi) is 7.44. The van der Waals surface area contributed by atoms with E-state index in [4.69, 9.17) is 4.74 Å². The number of benzene rings is 2. The number of ether oxygens (including phenoxy) is 1. The Bertz CT molecular complexity index is 1250. The summed E-state index contributed by atoms with van der Waals surface area (Å²) in [7, 11) is -0.670. The molecular weight excluding hydrogens is 446 g/mol. The number of hydrogen-bond donors (Lipinski definition) is 1. The number of carbonyl (C=O) groups is 1. The Morgan fingerprint density at radius 1 is 1.19 bits per heavy atom. The zero-order chi connectivity index (χ0) is 23.3. The van der Waals surface area contributed by atoms with Gasteiger partial charge < -0.3 is 10.1 Å². The summed E-state index contributed by atoms with van der Waals surface area (Å²) in [5.74, 6) is 0.259. The van der Waals surface area contributed by atoms with Crippen LogP contribution in [0.25, 0.3) is 6.08 Å². The van der Waals surface area contributed by atoms with Crippen molar-refractivity contribution >= 4 is 39.0 Å². The molecule has 3 aromatic rings. The van der Waals surface area contributed by atoms with Crippen molar-refractivity contribution in [2.75, 3.05) is 19.4 Å². The lowest BCUT2D eigenvalue weighted by Crippen LogP contribution is -2.22. The molecule has 0 saturated carbocycles. The molecular formula is C23H25N3O4S2. The standard InChI is InChI=1S/C23H25N3O4S2/c1-16-9-11-20(32(28,29)26(3)4)13-21(16)25-23(27)12-10-18-7-5-6-8-22(18)30-14-19-15-31-17(2)24-19/h5-13,15H,14H2,1-4H3,(H,25,27)/b12-10+. The Balaban J connectivity index is 1.72. The minimum Gasteiger partial charge on any atom is -0.487 e. The molecule has 0 aliphatic heterocycles. The summed E-state index contributed by atoms with van der Waals surface area (Å²) in [6.45, 7) is 4.08. The molecule has 0 radical (unpaired) electrons. The van der Waals surface area contributed by atoms with Crippen molar-refractivity contribution in [3.05, 3.63) is 75.7 Å². The van der Waals surface area contributed by atoms with E-state index < -0.39 is 10.0 Å². The molecule has 0 bridgehead atoms. The molecule has 32 heavy (non-hydrogen) atoms. The molecule has 0 aliphatic carbocycles. The van der Waals surface area contributed by atoms with E-state index in [1.54, 1.807) is 30.4 Å². The van der Waals surface area contributed by atoms with Gasteiger partial charge in [-0.25, -0.2) is 17.7 Å². The SMILES string of the molecule is Cc1nc(COc2ccccc2/C=C/C(=O)Nc2cc(S(=O)(=O)N(C)C)ccc2C)cs1. The van der Waals surface area contributed by atoms with E-state index in [0.717, 1.165) is 26.1 Å². The summed E-state index contributed by atoms with van der Waals surface area (Å²) < 4.78 is 31.8. The first kappa shape index (κ1) is 23.6. The fourth-order valence-electron chi connectivity index (χ4n) is 2.82. The normalized spacial score (nSPS) is 11.8. The van der Waals surface area contributed by atoms with Gasteiger partial charge in [0, 0.05) is 36.8 Å². The van der Waals surface area contributed by atoms with Gasteiger partial charge in [0.2, 0.25) is 15.9 Å². The molecule has 0 fully saturated rings. The van der Waals surface area contributed by atoms with E-state index in [-0.39, 0.29) is 10.8 Å². The van der Waals surface area contributed by atoms with Crippen LogP contribution < -0.4 is 10.1 Å². The summed E-state index contributed by atoms with van der Waals surface area (Å²) in [6, 6.07) is 12.0. The largest absolute Gasteiger partial charge is 0.487 e. The molecule has 0 unspecified atom stereocenters. The second-order valence-electron chi connectivity index (χ2n) is 7.27. The third kappa shape index (κ3) is 5.82. The number of nitrogens with zero attached hydrogens (tertiary/aromatic N) is 2. The van der Waals surface area contributed by atoms with Crippen molar-refractivity contribution in [2.45, 2.75) is 25.3 Å². The number of para-hydroxylation sites is 1. The summed E-state index contributed by atoms with van der Waals surface area (Å²) in [5, 5.41) is 5.68. The third-order valence-electron chi connectivity index (χ3n) is 4.62. The predicted molar refractivity (Wildman–Crippen MR) is 127 cm³/mol. The number of thiazole rings is 1. The zero-order valence-electron chi connectivity index (χ0n) is 18.3. The quantitative estimate of drug-likeness (QED) is 0.497. The summed E-state index contributed by atoms with van der Waals surface area (Å²) in [4.78, 5) is 17.0. The van der Waals surface area contributed by atoms with Gasteiger partial charge in [-0.1, -0.05) is 24.3 Å². The molecule has 2 aromatic carbocycles. The van der Waals surface area contributed by atoms with Gasteiger partial charge in [-0.3, -0.25) is 4.79 Å². The Morgan fingerprint density at radius 3 is 2.62 bits per heavy atom. The molecule has 1 heterocycles. The molecule has 3 rings (SSSR count). The second-order valence-corrected chi connectivity index (χ2v) is 10.5. The number of hydrogen-bond acceptors (Lipinski definition) is 6. The first-order valence-corrected chi connectivity index (χ1v) is 12.1. The first-order valence-electron chi connectivity index (χ1n) is 9.82. The molecule has 0 spiro atoms. The van der Waals surface area contributed by atoms with E-state index in [1.165, 1.54) is 32.3 Å². The van der Waals surface area contributed by atoms with Gasteiger partial charge in [-0.15, -0.1) is 11.3 Å². The van der Waals surface area contributed by atoms with Crippen LogP contribution >= 0.6 is 11.3 Å². The smallest absolute Gasteiger partial charge is 0.248 e. The van der Waals surface area contributed by atoms with Crippen molar-refractivity contribution in [2.24, 2.45) is 0 Å². The molecule has 0 saturated heterocycles. The van der Waals surface area contributed by atoms with Crippen molar-refractivity contribution < 1.29 is 17.9 Å². The van der Waals surface area contributed by atoms with E-state index >= 15 is 0 Å². The van der Waals surface area contributed by atoms with Gasteiger partial charge in [-0.2, -0.15) is 0 Å². The molecule has 1 aromatic heterocycles. The van der Waals surface area contributed by atoms with Crippen molar-refractivity contribution in [3.8, 4) is 5.75 Å². The molecule has 0 atom stereocenters. The van der Waals surface area contributed by atoms with Gasteiger partial charge in [0.1, 0.15) is 12.4 Å². The topological polar surface area (TPSA) is 88.6 Å². The average molecular weight is 472 g/mol. The van der Waals surface area contributed by atoms with Crippen molar-refractivity contribution in [3.63, 3.8) is 0 Å². The maximum Gasteiger partial charge on any atom is 0.248 e. The van der Waals surface area contributed by atoms with E-state index in [2.05, 4.69) is 10.3 Å². The fourth-order valence-corrected chi connectivity index (χ4v) is 4.35. The van der Waals surface area contributed by atoms with Gasteiger partial charge in [0.15, 0.2) is 0 Å². The Labute approximate surface area is 192 Å². The van der Waals surface area contributed by atoms with Crippen LogP contribution in [0.4, 0.5) is 5.69 Å². The Morgan fingerprint density at radius 2 is 1.94 bits per heavy atom. The predicted octanol–water partition coefficient (Wildman–Crippen LogP) is 4.24. The van der Waals surface area contributed by atoms with Gasteiger partial charge >= 0.3 is 0 Å². The minimum atomic E-state index is -3.60. The molecule has 0 aliphatic rings. The number of rotatable bonds is 8. The molecule has 1 amide bonds. The fraction of sp³-hybridized carbons (Fsp3) is 0.217. The highest BCUT2D eigenvalue weighted by Crippen LogP contribution is 2.23. The highest BCUT2D eigenvalue weighted by molar-refractivity contribution is 7.89. The van der Waals surface area contributed by atoms with Crippen LogP contribution in [0.5, 0.6) is 5.75 Å². The maximum atomic E-state index is 12.5. The van der Waals surface area contributed by atoms with Crippen LogP contribution in [-0.2, 0) is 21.4 Å².